The quantitative estimate of drug-likeness (QED) is 0.512. The van der Waals surface area contributed by atoms with Crippen molar-refractivity contribution >= 4 is 11.9 Å². The number of carbonyl (C=O) groups is 1. The number of allylic oxidation sites excluding steroid dienone is 2. The standard InChI is InChI=1S/C27H38N2O2/c1-6-29-17(3)22(16(2)28-29)13-18-14-24-21-8-7-19-15-20(30)9-11-26(19,4)23(21)10-12-27(24,5)25(18)31/h7,13,20-21,23-24,30H,6,8-12,14-15H2,1-5H3/b18-13+/t20-,21+,23-,24-,26+,27-/m1/s1. The summed E-state index contributed by atoms with van der Waals surface area (Å²) in [6.07, 6.45) is 11.5. The first-order valence-electron chi connectivity index (χ1n) is 12.4. The van der Waals surface area contributed by atoms with Crippen LogP contribution < -0.4 is 0 Å². The lowest BCUT2D eigenvalue weighted by Gasteiger charge is -2.56. The van der Waals surface area contributed by atoms with Gasteiger partial charge in [0.15, 0.2) is 5.78 Å². The molecule has 0 bridgehead atoms. The van der Waals surface area contributed by atoms with Crippen LogP contribution in [-0.2, 0) is 11.3 Å². The van der Waals surface area contributed by atoms with Gasteiger partial charge in [-0.15, -0.1) is 0 Å². The van der Waals surface area contributed by atoms with Crippen LogP contribution in [0.1, 0.15) is 82.7 Å². The van der Waals surface area contributed by atoms with Gasteiger partial charge in [-0.25, -0.2) is 0 Å². The van der Waals surface area contributed by atoms with E-state index >= 15 is 0 Å². The number of fused-ring (bicyclic) bond motifs is 5. The Bertz CT molecular complexity index is 986. The molecule has 1 aromatic rings. The Morgan fingerprint density at radius 1 is 1.16 bits per heavy atom. The average molecular weight is 423 g/mol. The molecular formula is C27H38N2O2. The molecule has 3 saturated carbocycles. The van der Waals surface area contributed by atoms with Gasteiger partial charge in [-0.1, -0.05) is 25.5 Å². The molecule has 0 saturated heterocycles. The average Bonchev–Trinajstić information content (AvgIpc) is 3.16. The topological polar surface area (TPSA) is 55.1 Å². The smallest absolute Gasteiger partial charge is 0.165 e. The molecule has 4 aliphatic rings. The Kier molecular flexibility index (Phi) is 4.89. The largest absolute Gasteiger partial charge is 0.393 e. The summed E-state index contributed by atoms with van der Waals surface area (Å²) >= 11 is 0. The number of Topliss-reactive ketones (excluding diaryl/α,β-unsaturated/α-hetero) is 1. The molecule has 5 rings (SSSR count). The number of ketones is 1. The number of aliphatic hydroxyl groups is 1. The first-order valence-corrected chi connectivity index (χ1v) is 12.4. The molecule has 4 aliphatic carbocycles. The molecule has 1 heterocycles. The van der Waals surface area contributed by atoms with E-state index in [-0.39, 0.29) is 16.9 Å². The van der Waals surface area contributed by atoms with E-state index in [9.17, 15) is 9.90 Å². The van der Waals surface area contributed by atoms with Crippen molar-refractivity contribution in [2.75, 3.05) is 0 Å². The summed E-state index contributed by atoms with van der Waals surface area (Å²) in [6, 6.07) is 0. The fourth-order valence-electron chi connectivity index (χ4n) is 7.84. The molecule has 0 aromatic carbocycles. The Hall–Kier alpha value is -1.68. The van der Waals surface area contributed by atoms with E-state index < -0.39 is 0 Å². The molecule has 0 radical (unpaired) electrons. The molecule has 0 spiro atoms. The third-order valence-corrected chi connectivity index (χ3v) is 9.77. The SMILES string of the molecule is CCn1nc(C)c(/C=C2\C[C@@H]3[C@H]4CC=C5C[C@H](O)CC[C@]5(C)[C@@H]4CC[C@@]3(C)C2=O)c1C. The van der Waals surface area contributed by atoms with Crippen molar-refractivity contribution in [3.8, 4) is 0 Å². The summed E-state index contributed by atoms with van der Waals surface area (Å²) in [5.74, 6) is 2.06. The molecule has 0 unspecified atom stereocenters. The van der Waals surface area contributed by atoms with E-state index in [1.54, 1.807) is 0 Å². The second kappa shape index (κ2) is 7.16. The number of aryl methyl sites for hydroxylation is 2. The predicted molar refractivity (Wildman–Crippen MR) is 123 cm³/mol. The fourth-order valence-corrected chi connectivity index (χ4v) is 7.84. The number of hydrogen-bond donors (Lipinski definition) is 1. The van der Waals surface area contributed by atoms with Crippen molar-refractivity contribution in [2.24, 2.45) is 28.6 Å². The van der Waals surface area contributed by atoms with Crippen molar-refractivity contribution < 1.29 is 9.90 Å². The predicted octanol–water partition coefficient (Wildman–Crippen LogP) is 5.41. The zero-order valence-electron chi connectivity index (χ0n) is 19.9. The zero-order valence-corrected chi connectivity index (χ0v) is 19.9. The van der Waals surface area contributed by atoms with Gasteiger partial charge >= 0.3 is 0 Å². The summed E-state index contributed by atoms with van der Waals surface area (Å²) in [6.45, 7) is 11.8. The van der Waals surface area contributed by atoms with Crippen molar-refractivity contribution in [3.63, 3.8) is 0 Å². The molecule has 0 aliphatic heterocycles. The van der Waals surface area contributed by atoms with Crippen LogP contribution in [0.4, 0.5) is 0 Å². The van der Waals surface area contributed by atoms with Gasteiger partial charge in [-0.05, 0) is 101 Å². The second-order valence-electron chi connectivity index (χ2n) is 11.2. The van der Waals surface area contributed by atoms with E-state index in [0.29, 0.717) is 23.5 Å². The maximum atomic E-state index is 13.7. The zero-order chi connectivity index (χ0) is 22.1. The van der Waals surface area contributed by atoms with E-state index in [1.807, 2.05) is 4.68 Å². The number of nitrogens with zero attached hydrogens (tertiary/aromatic N) is 2. The van der Waals surface area contributed by atoms with Gasteiger partial charge < -0.3 is 5.11 Å². The number of rotatable bonds is 2. The first kappa shape index (κ1) is 21.2. The maximum Gasteiger partial charge on any atom is 0.165 e. The molecule has 3 fully saturated rings. The summed E-state index contributed by atoms with van der Waals surface area (Å²) < 4.78 is 2.04. The van der Waals surface area contributed by atoms with Gasteiger partial charge in [0.1, 0.15) is 0 Å². The normalized spacial score (nSPS) is 41.0. The fraction of sp³-hybridized carbons (Fsp3) is 0.704. The highest BCUT2D eigenvalue weighted by atomic mass is 16.3. The minimum atomic E-state index is -0.217. The van der Waals surface area contributed by atoms with E-state index in [1.165, 1.54) is 5.57 Å². The molecule has 168 valence electrons. The highest BCUT2D eigenvalue weighted by Gasteiger charge is 2.59. The van der Waals surface area contributed by atoms with Crippen LogP contribution in [-0.4, -0.2) is 26.8 Å². The van der Waals surface area contributed by atoms with Crippen LogP contribution in [0.2, 0.25) is 0 Å². The van der Waals surface area contributed by atoms with Gasteiger partial charge in [0.05, 0.1) is 11.8 Å². The summed E-state index contributed by atoms with van der Waals surface area (Å²) in [5, 5.41) is 14.9. The maximum absolute atomic E-state index is 13.7. The molecule has 31 heavy (non-hydrogen) atoms. The highest BCUT2D eigenvalue weighted by molar-refractivity contribution is 6.06. The minimum Gasteiger partial charge on any atom is -0.393 e. The molecular weight excluding hydrogens is 384 g/mol. The Morgan fingerprint density at radius 2 is 1.90 bits per heavy atom. The Balaban J connectivity index is 1.49. The van der Waals surface area contributed by atoms with Crippen LogP contribution in [0.15, 0.2) is 17.2 Å². The number of carbonyl (C=O) groups excluding carboxylic acids is 1. The molecule has 6 atom stereocenters. The van der Waals surface area contributed by atoms with Crippen molar-refractivity contribution in [2.45, 2.75) is 92.2 Å². The van der Waals surface area contributed by atoms with Crippen LogP contribution in [0.25, 0.3) is 6.08 Å². The van der Waals surface area contributed by atoms with Crippen LogP contribution in [0, 0.1) is 42.4 Å². The van der Waals surface area contributed by atoms with E-state index in [0.717, 1.165) is 74.0 Å². The Labute approximate surface area is 186 Å². The van der Waals surface area contributed by atoms with Crippen molar-refractivity contribution in [1.82, 2.24) is 9.78 Å². The molecule has 0 amide bonds. The Morgan fingerprint density at radius 3 is 2.61 bits per heavy atom. The van der Waals surface area contributed by atoms with Gasteiger partial charge in [0.2, 0.25) is 0 Å². The first-order chi connectivity index (χ1) is 14.7. The monoisotopic (exact) mass is 422 g/mol. The molecule has 4 heteroatoms. The third-order valence-electron chi connectivity index (χ3n) is 9.77. The van der Waals surface area contributed by atoms with Gasteiger partial charge in [0, 0.05) is 23.2 Å². The number of aliphatic hydroxyl groups excluding tert-OH is 1. The number of aromatic nitrogens is 2. The van der Waals surface area contributed by atoms with Gasteiger partial charge in [0.25, 0.3) is 0 Å². The van der Waals surface area contributed by atoms with Crippen LogP contribution in [0.3, 0.4) is 0 Å². The number of hydrogen-bond acceptors (Lipinski definition) is 3. The van der Waals surface area contributed by atoms with E-state index in [4.69, 9.17) is 0 Å². The van der Waals surface area contributed by atoms with E-state index in [2.05, 4.69) is 51.9 Å². The highest BCUT2D eigenvalue weighted by Crippen LogP contribution is 2.64. The van der Waals surface area contributed by atoms with Gasteiger partial charge in [-0.3, -0.25) is 9.48 Å². The lowest BCUT2D eigenvalue weighted by molar-refractivity contribution is -0.130. The molecule has 1 aromatic heterocycles. The minimum absolute atomic E-state index is 0.164. The summed E-state index contributed by atoms with van der Waals surface area (Å²) in [5.41, 5.74) is 5.85. The van der Waals surface area contributed by atoms with Gasteiger partial charge in [-0.2, -0.15) is 5.10 Å². The van der Waals surface area contributed by atoms with Crippen LogP contribution in [0.5, 0.6) is 0 Å². The van der Waals surface area contributed by atoms with Crippen molar-refractivity contribution in [3.05, 3.63) is 34.2 Å². The van der Waals surface area contributed by atoms with Crippen molar-refractivity contribution in [1.29, 1.82) is 0 Å². The molecule has 1 N–H and O–H groups in total. The summed E-state index contributed by atoms with van der Waals surface area (Å²) in [4.78, 5) is 13.7. The van der Waals surface area contributed by atoms with Crippen LogP contribution >= 0.6 is 0 Å². The third kappa shape index (κ3) is 2.97. The lowest BCUT2D eigenvalue weighted by atomic mass is 9.48. The lowest BCUT2D eigenvalue weighted by Crippen LogP contribution is -2.50. The molecule has 4 nitrogen and oxygen atoms in total. The second-order valence-corrected chi connectivity index (χ2v) is 11.2. The summed E-state index contributed by atoms with van der Waals surface area (Å²) in [7, 11) is 0.